The smallest absolute Gasteiger partial charge is 0.349 e. The van der Waals surface area contributed by atoms with Crippen molar-refractivity contribution in [1.29, 1.82) is 10.5 Å². The van der Waals surface area contributed by atoms with Gasteiger partial charge in [0, 0.05) is 17.9 Å². The van der Waals surface area contributed by atoms with Gasteiger partial charge in [0.2, 0.25) is 0 Å². The first kappa shape index (κ1) is 17.5. The van der Waals surface area contributed by atoms with Crippen LogP contribution in [0.2, 0.25) is 0 Å². The molecule has 0 aliphatic carbocycles. The lowest BCUT2D eigenvalue weighted by molar-refractivity contribution is -0.137. The highest BCUT2D eigenvalue weighted by molar-refractivity contribution is 5.98. The molecule has 0 aliphatic heterocycles. The lowest BCUT2D eigenvalue weighted by atomic mass is 10.1. The maximum absolute atomic E-state index is 11.7. The average molecular weight is 299 g/mol. The van der Waals surface area contributed by atoms with E-state index in [1.807, 2.05) is 26.0 Å². The number of aromatic nitrogens is 1. The van der Waals surface area contributed by atoms with Gasteiger partial charge in [0.25, 0.3) is 0 Å². The Morgan fingerprint density at radius 1 is 1.41 bits per heavy atom. The molecule has 1 aromatic rings. The molecule has 0 fully saturated rings. The zero-order chi connectivity index (χ0) is 16.7. The molecule has 0 unspecified atom stereocenters. The first-order valence-electron chi connectivity index (χ1n) is 7.23. The summed E-state index contributed by atoms with van der Waals surface area (Å²) >= 11 is 0. The third-order valence-corrected chi connectivity index (χ3v) is 3.45. The van der Waals surface area contributed by atoms with Crippen molar-refractivity contribution >= 4 is 12.0 Å². The maximum atomic E-state index is 11.7. The van der Waals surface area contributed by atoms with E-state index in [0.717, 1.165) is 29.9 Å². The minimum Gasteiger partial charge on any atom is -0.446 e. The Bertz CT molecular complexity index is 655. The fourth-order valence-electron chi connectivity index (χ4n) is 2.17. The number of ether oxygens (including phenoxy) is 1. The summed E-state index contributed by atoms with van der Waals surface area (Å²) in [5.74, 6) is -0.160. The Balaban J connectivity index is 3.04. The van der Waals surface area contributed by atoms with Crippen LogP contribution in [0.15, 0.2) is 11.6 Å². The lowest BCUT2D eigenvalue weighted by Gasteiger charge is -2.11. The van der Waals surface area contributed by atoms with Gasteiger partial charge < -0.3 is 9.30 Å². The number of aryl methyl sites for hydroxylation is 1. The second-order valence-corrected chi connectivity index (χ2v) is 5.56. The van der Waals surface area contributed by atoms with Crippen molar-refractivity contribution in [3.63, 3.8) is 0 Å². The number of nitriles is 2. The van der Waals surface area contributed by atoms with Gasteiger partial charge in [-0.15, -0.1) is 0 Å². The zero-order valence-corrected chi connectivity index (χ0v) is 13.5. The summed E-state index contributed by atoms with van der Waals surface area (Å²) in [6.45, 7) is 8.87. The number of hydrogen-bond donors (Lipinski definition) is 0. The van der Waals surface area contributed by atoms with Gasteiger partial charge in [-0.05, 0) is 43.9 Å². The molecule has 5 heteroatoms. The van der Waals surface area contributed by atoms with E-state index in [0.29, 0.717) is 5.92 Å². The first-order valence-corrected chi connectivity index (χ1v) is 7.23. The molecule has 0 radical (unpaired) electrons. The van der Waals surface area contributed by atoms with Crippen LogP contribution in [0.25, 0.3) is 6.08 Å². The van der Waals surface area contributed by atoms with Gasteiger partial charge >= 0.3 is 5.97 Å². The van der Waals surface area contributed by atoms with Gasteiger partial charge in [-0.3, -0.25) is 0 Å². The van der Waals surface area contributed by atoms with Crippen LogP contribution >= 0.6 is 0 Å². The predicted octanol–water partition coefficient (Wildman–Crippen LogP) is 3.12. The van der Waals surface area contributed by atoms with Gasteiger partial charge in [0.15, 0.2) is 6.61 Å². The van der Waals surface area contributed by atoms with Crippen LogP contribution in [-0.2, 0) is 16.1 Å². The Morgan fingerprint density at radius 2 is 2.09 bits per heavy atom. The highest BCUT2D eigenvalue weighted by atomic mass is 16.5. The van der Waals surface area contributed by atoms with Crippen molar-refractivity contribution in [1.82, 2.24) is 4.57 Å². The summed E-state index contributed by atoms with van der Waals surface area (Å²) in [5, 5.41) is 17.5. The molecule has 0 spiro atoms. The van der Waals surface area contributed by atoms with Gasteiger partial charge in [0.1, 0.15) is 17.7 Å². The number of nitrogens with zero attached hydrogens (tertiary/aromatic N) is 3. The molecular formula is C17H21N3O2. The molecule has 0 bridgehead atoms. The Hall–Kier alpha value is -2.53. The summed E-state index contributed by atoms with van der Waals surface area (Å²) < 4.78 is 6.86. The van der Waals surface area contributed by atoms with E-state index in [1.54, 1.807) is 6.07 Å². The van der Waals surface area contributed by atoms with Crippen LogP contribution in [0, 0.1) is 42.4 Å². The Morgan fingerprint density at radius 3 is 2.64 bits per heavy atom. The van der Waals surface area contributed by atoms with Crippen molar-refractivity contribution < 1.29 is 9.53 Å². The van der Waals surface area contributed by atoms with Crippen LogP contribution < -0.4 is 0 Å². The number of esters is 1. The van der Waals surface area contributed by atoms with Crippen molar-refractivity contribution in [3.05, 3.63) is 28.6 Å². The van der Waals surface area contributed by atoms with E-state index < -0.39 is 5.97 Å². The van der Waals surface area contributed by atoms with Crippen LogP contribution in [0.1, 0.15) is 37.2 Å². The van der Waals surface area contributed by atoms with E-state index in [1.165, 1.54) is 6.08 Å². The second-order valence-electron chi connectivity index (χ2n) is 5.56. The Kier molecular flexibility index (Phi) is 6.41. The number of rotatable bonds is 6. The molecule has 5 nitrogen and oxygen atoms in total. The van der Waals surface area contributed by atoms with Crippen LogP contribution in [0.4, 0.5) is 0 Å². The average Bonchev–Trinajstić information content (AvgIpc) is 2.74. The molecule has 0 saturated carbocycles. The highest BCUT2D eigenvalue weighted by Crippen LogP contribution is 2.20. The molecule has 0 amide bonds. The third-order valence-electron chi connectivity index (χ3n) is 3.45. The molecule has 0 atom stereocenters. The zero-order valence-electron chi connectivity index (χ0n) is 13.5. The fraction of sp³-hybridized carbons (Fsp3) is 0.471. The molecular weight excluding hydrogens is 278 g/mol. The number of carbonyl (C=O) groups excluding carboxylic acids is 1. The Labute approximate surface area is 131 Å². The molecule has 1 rings (SSSR count). The minimum absolute atomic E-state index is 0.0978. The van der Waals surface area contributed by atoms with Crippen molar-refractivity contribution in [2.75, 3.05) is 6.61 Å². The van der Waals surface area contributed by atoms with Gasteiger partial charge in [0.05, 0.1) is 0 Å². The number of hydrogen-bond acceptors (Lipinski definition) is 4. The van der Waals surface area contributed by atoms with Crippen molar-refractivity contribution in [3.8, 4) is 12.1 Å². The molecule has 0 aliphatic rings. The summed E-state index contributed by atoms with van der Waals surface area (Å²) in [5.41, 5.74) is 2.83. The van der Waals surface area contributed by atoms with Crippen LogP contribution in [-0.4, -0.2) is 17.1 Å². The topological polar surface area (TPSA) is 78.8 Å². The van der Waals surface area contributed by atoms with E-state index in [2.05, 4.69) is 23.2 Å². The summed E-state index contributed by atoms with van der Waals surface area (Å²) in [6, 6.07) is 5.49. The summed E-state index contributed by atoms with van der Waals surface area (Å²) in [7, 11) is 0. The molecule has 1 aromatic heterocycles. The molecule has 22 heavy (non-hydrogen) atoms. The fourth-order valence-corrected chi connectivity index (χ4v) is 2.17. The first-order chi connectivity index (χ1) is 10.4. The van der Waals surface area contributed by atoms with Crippen LogP contribution in [0.3, 0.4) is 0 Å². The van der Waals surface area contributed by atoms with E-state index in [4.69, 9.17) is 10.5 Å². The third kappa shape index (κ3) is 4.49. The monoisotopic (exact) mass is 299 g/mol. The van der Waals surface area contributed by atoms with Crippen molar-refractivity contribution in [2.45, 2.75) is 40.7 Å². The molecule has 0 aromatic carbocycles. The van der Waals surface area contributed by atoms with E-state index >= 15 is 0 Å². The molecule has 1 heterocycles. The standard InChI is InChI=1S/C17H21N3O2/c1-12(2)5-7-20-13(3)9-15(14(20)4)10-16(11-19)17(21)22-8-6-18/h9-10,12H,5,7-8H2,1-4H3/b16-10+. The van der Waals surface area contributed by atoms with Gasteiger partial charge in [-0.1, -0.05) is 13.8 Å². The maximum Gasteiger partial charge on any atom is 0.349 e. The SMILES string of the molecule is Cc1cc(/C=C(\C#N)C(=O)OCC#N)c(C)n1CCC(C)C. The van der Waals surface area contributed by atoms with Crippen LogP contribution in [0.5, 0.6) is 0 Å². The lowest BCUT2D eigenvalue weighted by Crippen LogP contribution is -2.07. The summed E-state index contributed by atoms with van der Waals surface area (Å²) in [6.07, 6.45) is 2.59. The van der Waals surface area contributed by atoms with Gasteiger partial charge in [-0.2, -0.15) is 10.5 Å². The normalized spacial score (nSPS) is 11.1. The number of carbonyl (C=O) groups is 1. The minimum atomic E-state index is -0.768. The summed E-state index contributed by atoms with van der Waals surface area (Å²) in [4.78, 5) is 11.7. The van der Waals surface area contributed by atoms with E-state index in [9.17, 15) is 4.79 Å². The highest BCUT2D eigenvalue weighted by Gasteiger charge is 2.14. The molecule has 0 saturated heterocycles. The quantitative estimate of drug-likeness (QED) is 0.459. The van der Waals surface area contributed by atoms with Gasteiger partial charge in [-0.25, -0.2) is 4.79 Å². The largest absolute Gasteiger partial charge is 0.446 e. The predicted molar refractivity (Wildman–Crippen MR) is 83.5 cm³/mol. The second kappa shape index (κ2) is 8.05. The van der Waals surface area contributed by atoms with E-state index in [-0.39, 0.29) is 12.2 Å². The molecule has 0 N–H and O–H groups in total. The van der Waals surface area contributed by atoms with Crippen molar-refractivity contribution in [2.24, 2.45) is 5.92 Å². The molecule has 116 valence electrons.